The lowest BCUT2D eigenvalue weighted by atomic mass is 9.95. The Labute approximate surface area is 164 Å². The molecule has 26 heavy (non-hydrogen) atoms. The van der Waals surface area contributed by atoms with Crippen LogP contribution in [0.1, 0.15) is 25.5 Å². The predicted molar refractivity (Wildman–Crippen MR) is 103 cm³/mol. The summed E-state index contributed by atoms with van der Waals surface area (Å²) in [4.78, 5) is 24.5. The molecule has 0 bridgehead atoms. The normalized spacial score (nSPS) is 16.8. The Kier molecular flexibility index (Phi) is 7.22. The van der Waals surface area contributed by atoms with Crippen LogP contribution in [-0.4, -0.2) is 42.3 Å². The molecule has 0 aliphatic carbocycles. The minimum Gasteiger partial charge on any atom is -0.503 e. The summed E-state index contributed by atoms with van der Waals surface area (Å²) in [7, 11) is 1.42. The van der Waals surface area contributed by atoms with Gasteiger partial charge in [0.05, 0.1) is 23.2 Å². The maximum absolute atomic E-state index is 12.6. The van der Waals surface area contributed by atoms with Gasteiger partial charge < -0.3 is 25.2 Å². The molecule has 2 rings (SSSR count). The van der Waals surface area contributed by atoms with Crippen LogP contribution in [0, 0.1) is 0 Å². The van der Waals surface area contributed by atoms with Gasteiger partial charge in [0.2, 0.25) is 0 Å². The van der Waals surface area contributed by atoms with Crippen molar-refractivity contribution in [2.24, 2.45) is 0 Å². The van der Waals surface area contributed by atoms with E-state index in [1.807, 2.05) is 6.92 Å². The van der Waals surface area contributed by atoms with Crippen LogP contribution in [0.4, 0.5) is 4.79 Å². The zero-order valence-electron chi connectivity index (χ0n) is 14.7. The number of hydrogen-bond acceptors (Lipinski definition) is 6. The van der Waals surface area contributed by atoms with E-state index in [4.69, 9.17) is 9.47 Å². The molecule has 1 unspecified atom stereocenters. The first-order chi connectivity index (χ1) is 12.4. The molecule has 0 spiro atoms. The Bertz CT molecular complexity index is 738. The van der Waals surface area contributed by atoms with E-state index in [0.29, 0.717) is 27.1 Å². The fourth-order valence-electron chi connectivity index (χ4n) is 2.55. The molecule has 1 aliphatic heterocycles. The van der Waals surface area contributed by atoms with Gasteiger partial charge in [-0.2, -0.15) is 11.8 Å². The molecule has 1 aromatic rings. The van der Waals surface area contributed by atoms with Gasteiger partial charge in [0.1, 0.15) is 6.61 Å². The highest BCUT2D eigenvalue weighted by Gasteiger charge is 2.33. The number of allylic oxidation sites excluding steroid dienone is 1. The highest BCUT2D eigenvalue weighted by Crippen LogP contribution is 2.39. The Morgan fingerprint density at radius 1 is 1.42 bits per heavy atom. The zero-order valence-corrected chi connectivity index (χ0v) is 17.1. The monoisotopic (exact) mass is 444 g/mol. The zero-order chi connectivity index (χ0) is 19.3. The first kappa shape index (κ1) is 20.4. The maximum atomic E-state index is 12.6. The van der Waals surface area contributed by atoms with Crippen LogP contribution < -0.4 is 15.4 Å². The number of halogens is 1. The number of carbonyl (C=O) groups is 2. The Hall–Kier alpha value is -1.87. The number of hydrogen-bond donors (Lipinski definition) is 3. The molecule has 0 radical (unpaired) electrons. The molecule has 1 heterocycles. The average Bonchev–Trinajstić information content (AvgIpc) is 2.60. The lowest BCUT2D eigenvalue weighted by molar-refractivity contribution is -0.138. The third-order valence-corrected chi connectivity index (χ3v) is 5.23. The van der Waals surface area contributed by atoms with Gasteiger partial charge in [-0.25, -0.2) is 9.59 Å². The number of methoxy groups -OCH3 is 1. The topological polar surface area (TPSA) is 96.9 Å². The van der Waals surface area contributed by atoms with Crippen molar-refractivity contribution < 1.29 is 24.2 Å². The number of ether oxygens (including phenoxy) is 2. The summed E-state index contributed by atoms with van der Waals surface area (Å²) < 4.78 is 10.9. The van der Waals surface area contributed by atoms with E-state index in [9.17, 15) is 14.7 Å². The molecular formula is C17H21BrN2O5S. The smallest absolute Gasteiger partial charge is 0.338 e. The summed E-state index contributed by atoms with van der Waals surface area (Å²) in [5.41, 5.74) is 1.32. The first-order valence-corrected chi connectivity index (χ1v) is 9.93. The second kappa shape index (κ2) is 9.18. The quantitative estimate of drug-likeness (QED) is 0.441. The van der Waals surface area contributed by atoms with E-state index in [1.165, 1.54) is 7.11 Å². The second-order valence-corrected chi connectivity index (χ2v) is 7.70. The van der Waals surface area contributed by atoms with Crippen LogP contribution in [-0.2, 0) is 9.53 Å². The van der Waals surface area contributed by atoms with Crippen LogP contribution in [0.3, 0.4) is 0 Å². The molecule has 1 atom stereocenters. The van der Waals surface area contributed by atoms with Crippen LogP contribution in [0.25, 0.3) is 0 Å². The largest absolute Gasteiger partial charge is 0.503 e. The molecule has 1 aliphatic rings. The first-order valence-electron chi connectivity index (χ1n) is 7.98. The molecule has 2 amide bonds. The molecular weight excluding hydrogens is 424 g/mol. The molecule has 3 N–H and O–H groups in total. The van der Waals surface area contributed by atoms with Crippen molar-refractivity contribution in [1.82, 2.24) is 10.6 Å². The van der Waals surface area contributed by atoms with Gasteiger partial charge in [-0.15, -0.1) is 0 Å². The fourth-order valence-corrected chi connectivity index (χ4v) is 3.50. The Morgan fingerprint density at radius 2 is 2.15 bits per heavy atom. The van der Waals surface area contributed by atoms with Crippen molar-refractivity contribution in [2.75, 3.05) is 25.2 Å². The third kappa shape index (κ3) is 4.64. The van der Waals surface area contributed by atoms with E-state index in [0.717, 1.165) is 5.75 Å². The van der Waals surface area contributed by atoms with E-state index in [1.54, 1.807) is 30.8 Å². The van der Waals surface area contributed by atoms with Gasteiger partial charge in [0.15, 0.2) is 11.5 Å². The lowest BCUT2D eigenvalue weighted by Crippen LogP contribution is -2.45. The number of nitrogens with one attached hydrogen (secondary N) is 2. The number of urea groups is 1. The molecule has 0 saturated carbocycles. The molecule has 9 heteroatoms. The summed E-state index contributed by atoms with van der Waals surface area (Å²) >= 11 is 4.93. The number of phenols is 1. The molecule has 1 aromatic carbocycles. The third-order valence-electron chi connectivity index (χ3n) is 3.76. The van der Waals surface area contributed by atoms with Gasteiger partial charge in [-0.1, -0.05) is 6.92 Å². The number of phenolic OH excluding ortho intramolecular Hbond substituents is 1. The van der Waals surface area contributed by atoms with Crippen molar-refractivity contribution in [3.8, 4) is 11.5 Å². The average molecular weight is 445 g/mol. The molecule has 0 aromatic heterocycles. The number of amides is 2. The number of benzene rings is 1. The van der Waals surface area contributed by atoms with Crippen LogP contribution in [0.5, 0.6) is 11.5 Å². The maximum Gasteiger partial charge on any atom is 0.338 e. The number of thioether (sulfide) groups is 1. The van der Waals surface area contributed by atoms with Crippen LogP contribution in [0.2, 0.25) is 0 Å². The number of aromatic hydroxyl groups is 1. The number of esters is 1. The highest BCUT2D eigenvalue weighted by molar-refractivity contribution is 9.10. The standard InChI is InChI=1S/C17H21BrN2O5S/c1-4-26-6-5-25-16(22)13-9(2)19-17(23)20-14(13)10-7-11(18)15(21)12(8-10)24-3/h7-8,14,21H,4-6H2,1-3H3,(H2,19,20,23). The van der Waals surface area contributed by atoms with Gasteiger partial charge in [0.25, 0.3) is 0 Å². The van der Waals surface area contributed by atoms with Gasteiger partial charge in [-0.05, 0) is 46.3 Å². The minimum absolute atomic E-state index is 0.0575. The Balaban J connectivity index is 2.35. The molecule has 0 fully saturated rings. The summed E-state index contributed by atoms with van der Waals surface area (Å²) in [6.45, 7) is 3.97. The predicted octanol–water partition coefficient (Wildman–Crippen LogP) is 3.09. The van der Waals surface area contributed by atoms with Crippen molar-refractivity contribution >= 4 is 39.7 Å². The van der Waals surface area contributed by atoms with E-state index >= 15 is 0 Å². The van der Waals surface area contributed by atoms with Crippen molar-refractivity contribution in [2.45, 2.75) is 19.9 Å². The molecule has 0 saturated heterocycles. The summed E-state index contributed by atoms with van der Waals surface area (Å²) in [5, 5.41) is 15.3. The molecule has 7 nitrogen and oxygen atoms in total. The van der Waals surface area contributed by atoms with Crippen molar-refractivity contribution in [3.63, 3.8) is 0 Å². The Morgan fingerprint density at radius 3 is 2.81 bits per heavy atom. The summed E-state index contributed by atoms with van der Waals surface area (Å²) in [6.07, 6.45) is 0. The van der Waals surface area contributed by atoms with Gasteiger partial charge in [0, 0.05) is 11.4 Å². The molecule has 142 valence electrons. The summed E-state index contributed by atoms with van der Waals surface area (Å²) in [6, 6.07) is 2.06. The van der Waals surface area contributed by atoms with E-state index in [2.05, 4.69) is 26.6 Å². The van der Waals surface area contributed by atoms with Gasteiger partial charge in [-0.3, -0.25) is 0 Å². The van der Waals surface area contributed by atoms with Crippen LogP contribution in [0.15, 0.2) is 27.9 Å². The van der Waals surface area contributed by atoms with Crippen LogP contribution >= 0.6 is 27.7 Å². The minimum atomic E-state index is -0.721. The summed E-state index contributed by atoms with van der Waals surface area (Å²) in [5.74, 6) is 1.32. The SMILES string of the molecule is CCSCCOC(=O)C1=C(C)NC(=O)NC1c1cc(Br)c(O)c(OC)c1. The highest BCUT2D eigenvalue weighted by atomic mass is 79.9. The van der Waals surface area contributed by atoms with Gasteiger partial charge >= 0.3 is 12.0 Å². The van der Waals surface area contributed by atoms with E-state index < -0.39 is 18.0 Å². The fraction of sp³-hybridized carbons (Fsp3) is 0.412. The lowest BCUT2D eigenvalue weighted by Gasteiger charge is -2.28. The van der Waals surface area contributed by atoms with E-state index in [-0.39, 0.29) is 18.1 Å². The van der Waals surface area contributed by atoms with Crippen molar-refractivity contribution in [1.29, 1.82) is 0 Å². The second-order valence-electron chi connectivity index (χ2n) is 5.46. The number of carbonyl (C=O) groups excluding carboxylic acids is 2. The van der Waals surface area contributed by atoms with Crippen molar-refractivity contribution in [3.05, 3.63) is 33.4 Å². The number of rotatable bonds is 7.